The quantitative estimate of drug-likeness (QED) is 0.645. The molecule has 0 fully saturated rings. The van der Waals surface area contributed by atoms with E-state index in [9.17, 15) is 9.90 Å². The van der Waals surface area contributed by atoms with Gasteiger partial charge in [-0.15, -0.1) is 5.10 Å². The van der Waals surface area contributed by atoms with Crippen LogP contribution in [-0.2, 0) is 7.05 Å². The lowest BCUT2D eigenvalue weighted by molar-refractivity contribution is 0.481. The van der Waals surface area contributed by atoms with Crippen molar-refractivity contribution in [3.63, 3.8) is 0 Å². The van der Waals surface area contributed by atoms with Gasteiger partial charge in [0.2, 0.25) is 0 Å². The summed E-state index contributed by atoms with van der Waals surface area (Å²) in [5, 5.41) is 21.6. The van der Waals surface area contributed by atoms with Gasteiger partial charge >= 0.3 is 0 Å². The summed E-state index contributed by atoms with van der Waals surface area (Å²) < 4.78 is 1.33. The van der Waals surface area contributed by atoms with Crippen LogP contribution >= 0.6 is 0 Å². The summed E-state index contributed by atoms with van der Waals surface area (Å²) >= 11 is 0. The van der Waals surface area contributed by atoms with Crippen LogP contribution in [-0.4, -0.2) is 30.3 Å². The number of benzene rings is 1. The summed E-state index contributed by atoms with van der Waals surface area (Å²) in [4.78, 5) is 14.7. The van der Waals surface area contributed by atoms with E-state index >= 15 is 0 Å². The first-order chi connectivity index (χ1) is 8.68. The third-order valence-corrected chi connectivity index (χ3v) is 2.74. The molecule has 18 heavy (non-hydrogen) atoms. The number of aromatic hydroxyl groups is 1. The Morgan fingerprint density at radius 3 is 2.83 bits per heavy atom. The Morgan fingerprint density at radius 2 is 2.11 bits per heavy atom. The molecule has 3 aromatic rings. The van der Waals surface area contributed by atoms with Crippen LogP contribution in [0, 0.1) is 0 Å². The molecule has 0 atom stereocenters. The number of para-hydroxylation sites is 1. The van der Waals surface area contributed by atoms with E-state index in [1.54, 1.807) is 31.3 Å². The van der Waals surface area contributed by atoms with E-state index < -0.39 is 5.56 Å². The topological polar surface area (TPSA) is 96.7 Å². The van der Waals surface area contributed by atoms with Gasteiger partial charge in [0.05, 0.1) is 5.52 Å². The highest BCUT2D eigenvalue weighted by atomic mass is 16.3. The predicted molar refractivity (Wildman–Crippen MR) is 64.0 cm³/mol. The Hall–Kier alpha value is -2.70. The van der Waals surface area contributed by atoms with Crippen molar-refractivity contribution in [2.24, 2.45) is 7.05 Å². The Balaban J connectivity index is 2.44. The van der Waals surface area contributed by atoms with Gasteiger partial charge in [-0.3, -0.25) is 4.79 Å². The zero-order chi connectivity index (χ0) is 12.7. The SMILES string of the molecule is Cn1nnnc1-c1c(O)c2ccccc2[nH]c1=O. The van der Waals surface area contributed by atoms with E-state index in [4.69, 9.17) is 0 Å². The zero-order valence-corrected chi connectivity index (χ0v) is 9.45. The molecule has 0 bridgehead atoms. The number of hydrogen-bond donors (Lipinski definition) is 2. The minimum atomic E-state index is -0.427. The molecule has 2 aromatic heterocycles. The summed E-state index contributed by atoms with van der Waals surface area (Å²) in [6, 6.07) is 6.99. The first kappa shape index (κ1) is 10.5. The van der Waals surface area contributed by atoms with Gasteiger partial charge in [0.25, 0.3) is 5.56 Å². The number of aromatic amines is 1. The van der Waals surface area contributed by atoms with E-state index in [0.717, 1.165) is 0 Å². The number of nitrogens with zero attached hydrogens (tertiary/aromatic N) is 4. The number of H-pyrrole nitrogens is 1. The van der Waals surface area contributed by atoms with Crippen LogP contribution in [0.1, 0.15) is 0 Å². The lowest BCUT2D eigenvalue weighted by Crippen LogP contribution is -2.12. The Kier molecular flexibility index (Phi) is 2.12. The average molecular weight is 243 g/mol. The maximum absolute atomic E-state index is 12.0. The summed E-state index contributed by atoms with van der Waals surface area (Å²) in [5.41, 5.74) is 0.212. The third-order valence-electron chi connectivity index (χ3n) is 2.74. The highest BCUT2D eigenvalue weighted by Crippen LogP contribution is 2.29. The predicted octanol–water partition coefficient (Wildman–Crippen LogP) is 0.424. The smallest absolute Gasteiger partial charge is 0.263 e. The number of hydrogen-bond acceptors (Lipinski definition) is 5. The minimum absolute atomic E-state index is 0.0706. The number of rotatable bonds is 1. The van der Waals surface area contributed by atoms with E-state index in [1.165, 1.54) is 4.68 Å². The van der Waals surface area contributed by atoms with Gasteiger partial charge in [-0.2, -0.15) is 0 Å². The molecule has 3 rings (SSSR count). The van der Waals surface area contributed by atoms with Crippen molar-refractivity contribution in [2.75, 3.05) is 0 Å². The van der Waals surface area contributed by atoms with Crippen LogP contribution in [0.25, 0.3) is 22.3 Å². The first-order valence-corrected chi connectivity index (χ1v) is 5.25. The molecule has 7 nitrogen and oxygen atoms in total. The summed E-state index contributed by atoms with van der Waals surface area (Å²) in [6.45, 7) is 0. The zero-order valence-electron chi connectivity index (χ0n) is 9.45. The fraction of sp³-hybridized carbons (Fsp3) is 0.0909. The van der Waals surface area contributed by atoms with E-state index in [0.29, 0.717) is 10.9 Å². The van der Waals surface area contributed by atoms with Crippen LogP contribution < -0.4 is 5.56 Å². The largest absolute Gasteiger partial charge is 0.506 e. The molecule has 7 heteroatoms. The van der Waals surface area contributed by atoms with E-state index in [1.807, 2.05) is 0 Å². The van der Waals surface area contributed by atoms with Gasteiger partial charge in [-0.1, -0.05) is 12.1 Å². The Bertz CT molecular complexity index is 789. The van der Waals surface area contributed by atoms with Crippen LogP contribution in [0.3, 0.4) is 0 Å². The van der Waals surface area contributed by atoms with Gasteiger partial charge in [0.1, 0.15) is 11.3 Å². The van der Waals surface area contributed by atoms with Gasteiger partial charge < -0.3 is 10.1 Å². The second-order valence-corrected chi connectivity index (χ2v) is 3.85. The van der Waals surface area contributed by atoms with Crippen LogP contribution in [0.5, 0.6) is 5.75 Å². The average Bonchev–Trinajstić information content (AvgIpc) is 2.76. The molecule has 0 aliphatic carbocycles. The lowest BCUT2D eigenvalue weighted by Gasteiger charge is -2.05. The summed E-state index contributed by atoms with van der Waals surface area (Å²) in [5.74, 6) is 0.103. The molecule has 0 saturated heterocycles. The maximum atomic E-state index is 12.0. The van der Waals surface area contributed by atoms with E-state index in [2.05, 4.69) is 20.5 Å². The van der Waals surface area contributed by atoms with Crippen molar-refractivity contribution in [1.82, 2.24) is 25.2 Å². The number of aryl methyl sites for hydroxylation is 1. The molecule has 0 radical (unpaired) electrons. The number of tetrazole rings is 1. The second-order valence-electron chi connectivity index (χ2n) is 3.85. The van der Waals surface area contributed by atoms with Crippen LogP contribution in [0.4, 0.5) is 0 Å². The van der Waals surface area contributed by atoms with Crippen LogP contribution in [0.15, 0.2) is 29.1 Å². The second kappa shape index (κ2) is 3.66. The Morgan fingerprint density at radius 1 is 1.33 bits per heavy atom. The molecule has 0 aliphatic heterocycles. The highest BCUT2D eigenvalue weighted by molar-refractivity contribution is 5.90. The molecule has 0 amide bonds. The van der Waals surface area contributed by atoms with Crippen molar-refractivity contribution in [2.45, 2.75) is 0 Å². The first-order valence-electron chi connectivity index (χ1n) is 5.25. The molecule has 2 heterocycles. The molecular formula is C11H9N5O2. The van der Waals surface area contributed by atoms with Crippen molar-refractivity contribution in [1.29, 1.82) is 0 Å². The molecule has 0 saturated carbocycles. The molecule has 2 N–H and O–H groups in total. The van der Waals surface area contributed by atoms with E-state index in [-0.39, 0.29) is 17.1 Å². The monoisotopic (exact) mass is 243 g/mol. The highest BCUT2D eigenvalue weighted by Gasteiger charge is 2.18. The van der Waals surface area contributed by atoms with Crippen LogP contribution in [0.2, 0.25) is 0 Å². The van der Waals surface area contributed by atoms with Gasteiger partial charge in [-0.25, -0.2) is 4.68 Å². The molecule has 0 unspecified atom stereocenters. The van der Waals surface area contributed by atoms with Crippen molar-refractivity contribution < 1.29 is 5.11 Å². The third kappa shape index (κ3) is 1.37. The Labute approximate surface area is 101 Å². The maximum Gasteiger partial charge on any atom is 0.263 e. The normalized spacial score (nSPS) is 10.9. The molecule has 90 valence electrons. The fourth-order valence-electron chi connectivity index (χ4n) is 1.87. The van der Waals surface area contributed by atoms with Gasteiger partial charge in [-0.05, 0) is 22.6 Å². The fourth-order valence-corrected chi connectivity index (χ4v) is 1.87. The minimum Gasteiger partial charge on any atom is -0.506 e. The van der Waals surface area contributed by atoms with Crippen molar-refractivity contribution >= 4 is 10.9 Å². The number of pyridine rings is 1. The number of fused-ring (bicyclic) bond motifs is 1. The summed E-state index contributed by atoms with van der Waals surface area (Å²) in [6.07, 6.45) is 0. The molecular weight excluding hydrogens is 234 g/mol. The summed E-state index contributed by atoms with van der Waals surface area (Å²) in [7, 11) is 1.60. The van der Waals surface area contributed by atoms with Gasteiger partial charge in [0.15, 0.2) is 5.82 Å². The standard InChI is InChI=1S/C11H9N5O2/c1-16-10(13-14-15-16)8-9(17)6-4-2-3-5-7(6)12-11(8)18/h2-5H,1H3,(H2,12,17,18). The van der Waals surface area contributed by atoms with Gasteiger partial charge in [0, 0.05) is 12.4 Å². The molecule has 0 aliphatic rings. The van der Waals surface area contributed by atoms with Crippen molar-refractivity contribution in [3.05, 3.63) is 34.6 Å². The van der Waals surface area contributed by atoms with Crippen molar-refractivity contribution in [3.8, 4) is 17.1 Å². The molecule has 1 aromatic carbocycles. The molecule has 0 spiro atoms. The number of nitrogens with one attached hydrogen (secondary N) is 1. The number of aromatic nitrogens is 5. The lowest BCUT2D eigenvalue weighted by atomic mass is 10.1.